The number of carbonyl (C=O) groups is 1. The molecular weight excluding hydrogens is 299 g/mol. The number of hydrogen-bond donors (Lipinski definition) is 2. The Labute approximate surface area is 130 Å². The second-order valence-corrected chi connectivity index (χ2v) is 5.21. The van der Waals surface area contributed by atoms with Crippen molar-refractivity contribution in [2.45, 2.75) is 25.9 Å². The van der Waals surface area contributed by atoms with E-state index in [9.17, 15) is 4.79 Å². The predicted molar refractivity (Wildman–Crippen MR) is 83.9 cm³/mol. The van der Waals surface area contributed by atoms with Gasteiger partial charge in [-0.05, 0) is 43.5 Å². The Hall–Kier alpha value is -0.810. The second-order valence-electron chi connectivity index (χ2n) is 4.77. The number of anilines is 1. The first kappa shape index (κ1) is 17.2. The number of halogens is 2. The number of nitrogens with one attached hydrogen (secondary N) is 2. The lowest BCUT2D eigenvalue weighted by Crippen LogP contribution is -2.33. The van der Waals surface area contributed by atoms with Gasteiger partial charge in [-0.2, -0.15) is 0 Å². The third-order valence-electron chi connectivity index (χ3n) is 3.14. The van der Waals surface area contributed by atoms with E-state index in [1.54, 1.807) is 6.07 Å². The van der Waals surface area contributed by atoms with Gasteiger partial charge in [0.1, 0.15) is 0 Å². The van der Waals surface area contributed by atoms with Gasteiger partial charge < -0.3 is 15.4 Å². The molecule has 1 atom stereocenters. The molecule has 1 fully saturated rings. The number of aryl methyl sites for hydroxylation is 1. The summed E-state index contributed by atoms with van der Waals surface area (Å²) in [4.78, 5) is 11.8. The number of ether oxygens (including phenoxy) is 1. The van der Waals surface area contributed by atoms with Crippen LogP contribution in [0.4, 0.5) is 5.69 Å². The summed E-state index contributed by atoms with van der Waals surface area (Å²) in [7, 11) is 0. The molecule has 1 unspecified atom stereocenters. The van der Waals surface area contributed by atoms with Crippen molar-refractivity contribution in [2.24, 2.45) is 0 Å². The van der Waals surface area contributed by atoms with Crippen molar-refractivity contribution in [1.29, 1.82) is 0 Å². The maximum atomic E-state index is 11.8. The van der Waals surface area contributed by atoms with Gasteiger partial charge in [0, 0.05) is 23.9 Å². The van der Waals surface area contributed by atoms with Gasteiger partial charge >= 0.3 is 0 Å². The number of hydrogen-bond acceptors (Lipinski definition) is 3. The molecule has 0 bridgehead atoms. The van der Waals surface area contributed by atoms with E-state index in [1.807, 2.05) is 19.1 Å². The first-order chi connectivity index (χ1) is 9.15. The molecule has 0 aliphatic carbocycles. The molecule has 112 valence electrons. The number of benzene rings is 1. The lowest BCUT2D eigenvalue weighted by molar-refractivity contribution is -0.115. The smallest absolute Gasteiger partial charge is 0.238 e. The SMILES string of the molecule is Cc1cc(Cl)ccc1NC(=O)CNCC1CCCO1.Cl. The quantitative estimate of drug-likeness (QED) is 0.877. The molecule has 20 heavy (non-hydrogen) atoms. The van der Waals surface area contributed by atoms with E-state index in [0.29, 0.717) is 11.6 Å². The van der Waals surface area contributed by atoms with E-state index in [-0.39, 0.29) is 24.4 Å². The zero-order chi connectivity index (χ0) is 13.7. The van der Waals surface area contributed by atoms with Crippen LogP contribution in [0.25, 0.3) is 0 Å². The highest BCUT2D eigenvalue weighted by Gasteiger charge is 2.15. The van der Waals surface area contributed by atoms with Crippen LogP contribution in [-0.2, 0) is 9.53 Å². The van der Waals surface area contributed by atoms with Crippen molar-refractivity contribution in [3.8, 4) is 0 Å². The highest BCUT2D eigenvalue weighted by atomic mass is 35.5. The van der Waals surface area contributed by atoms with Crippen molar-refractivity contribution in [1.82, 2.24) is 5.32 Å². The largest absolute Gasteiger partial charge is 0.377 e. The maximum Gasteiger partial charge on any atom is 0.238 e. The Morgan fingerprint density at radius 3 is 2.95 bits per heavy atom. The molecule has 1 amide bonds. The molecular formula is C14H20Cl2N2O2. The van der Waals surface area contributed by atoms with E-state index in [1.165, 1.54) is 0 Å². The van der Waals surface area contributed by atoms with Crippen LogP contribution in [0.1, 0.15) is 18.4 Å². The minimum absolute atomic E-state index is 0. The van der Waals surface area contributed by atoms with Gasteiger partial charge in [-0.15, -0.1) is 12.4 Å². The Morgan fingerprint density at radius 1 is 1.50 bits per heavy atom. The van der Waals surface area contributed by atoms with E-state index in [2.05, 4.69) is 10.6 Å². The van der Waals surface area contributed by atoms with Gasteiger partial charge in [-0.3, -0.25) is 4.79 Å². The molecule has 4 nitrogen and oxygen atoms in total. The van der Waals surface area contributed by atoms with Crippen LogP contribution >= 0.6 is 24.0 Å². The van der Waals surface area contributed by atoms with E-state index in [4.69, 9.17) is 16.3 Å². The molecule has 1 aromatic rings. The van der Waals surface area contributed by atoms with Gasteiger partial charge in [0.2, 0.25) is 5.91 Å². The average Bonchev–Trinajstić information content (AvgIpc) is 2.86. The summed E-state index contributed by atoms with van der Waals surface area (Å²) in [6, 6.07) is 5.41. The highest BCUT2D eigenvalue weighted by molar-refractivity contribution is 6.30. The van der Waals surface area contributed by atoms with Crippen molar-refractivity contribution in [2.75, 3.05) is 25.0 Å². The second kappa shape index (κ2) is 8.47. The molecule has 2 N–H and O–H groups in total. The number of amides is 1. The zero-order valence-electron chi connectivity index (χ0n) is 11.4. The Bertz CT molecular complexity index is 449. The van der Waals surface area contributed by atoms with E-state index in [0.717, 1.165) is 37.2 Å². The van der Waals surface area contributed by atoms with Crippen LogP contribution in [0.15, 0.2) is 18.2 Å². The molecule has 0 aromatic heterocycles. The third-order valence-corrected chi connectivity index (χ3v) is 3.38. The summed E-state index contributed by atoms with van der Waals surface area (Å²) in [5.74, 6) is -0.0524. The van der Waals surface area contributed by atoms with Gasteiger partial charge in [0.25, 0.3) is 0 Å². The van der Waals surface area contributed by atoms with Crippen LogP contribution in [0.2, 0.25) is 5.02 Å². The zero-order valence-corrected chi connectivity index (χ0v) is 13.0. The van der Waals surface area contributed by atoms with Crippen LogP contribution < -0.4 is 10.6 Å². The van der Waals surface area contributed by atoms with Gasteiger partial charge in [0.15, 0.2) is 0 Å². The summed E-state index contributed by atoms with van der Waals surface area (Å²) >= 11 is 5.87. The molecule has 1 heterocycles. The molecule has 1 saturated heterocycles. The standard InChI is InChI=1S/C14H19ClN2O2.ClH/c1-10-7-11(15)4-5-13(10)17-14(18)9-16-8-12-3-2-6-19-12;/h4-5,7,12,16H,2-3,6,8-9H2,1H3,(H,17,18);1H. The summed E-state index contributed by atoms with van der Waals surface area (Å²) in [5.41, 5.74) is 1.76. The summed E-state index contributed by atoms with van der Waals surface area (Å²) in [6.45, 7) is 3.78. The maximum absolute atomic E-state index is 11.8. The van der Waals surface area contributed by atoms with Crippen LogP contribution in [-0.4, -0.2) is 31.7 Å². The topological polar surface area (TPSA) is 50.4 Å². The van der Waals surface area contributed by atoms with Crippen molar-refractivity contribution >= 4 is 35.6 Å². The first-order valence-electron chi connectivity index (χ1n) is 6.53. The van der Waals surface area contributed by atoms with E-state index >= 15 is 0 Å². The minimum Gasteiger partial charge on any atom is -0.377 e. The molecule has 1 aliphatic rings. The lowest BCUT2D eigenvalue weighted by Gasteiger charge is -2.12. The molecule has 2 rings (SSSR count). The van der Waals surface area contributed by atoms with Crippen LogP contribution in [0.5, 0.6) is 0 Å². The fraction of sp³-hybridized carbons (Fsp3) is 0.500. The van der Waals surface area contributed by atoms with Crippen LogP contribution in [0, 0.1) is 6.92 Å². The first-order valence-corrected chi connectivity index (χ1v) is 6.91. The van der Waals surface area contributed by atoms with Crippen molar-refractivity contribution in [3.05, 3.63) is 28.8 Å². The molecule has 6 heteroatoms. The summed E-state index contributed by atoms with van der Waals surface area (Å²) < 4.78 is 5.48. The molecule has 0 saturated carbocycles. The van der Waals surface area contributed by atoms with Gasteiger partial charge in [-0.25, -0.2) is 0 Å². The Morgan fingerprint density at radius 2 is 2.30 bits per heavy atom. The average molecular weight is 319 g/mol. The summed E-state index contributed by atoms with van der Waals surface area (Å²) in [6.07, 6.45) is 2.44. The van der Waals surface area contributed by atoms with E-state index < -0.39 is 0 Å². The third kappa shape index (κ3) is 5.29. The highest BCUT2D eigenvalue weighted by Crippen LogP contribution is 2.19. The number of rotatable bonds is 5. The fourth-order valence-electron chi connectivity index (χ4n) is 2.11. The number of carbonyl (C=O) groups excluding carboxylic acids is 1. The molecule has 0 radical (unpaired) electrons. The molecule has 1 aliphatic heterocycles. The summed E-state index contributed by atoms with van der Waals surface area (Å²) in [5, 5.41) is 6.65. The van der Waals surface area contributed by atoms with Gasteiger partial charge in [-0.1, -0.05) is 11.6 Å². The van der Waals surface area contributed by atoms with Crippen molar-refractivity contribution < 1.29 is 9.53 Å². The molecule has 0 spiro atoms. The normalized spacial score (nSPS) is 17.6. The Balaban J connectivity index is 0.00000200. The predicted octanol–water partition coefficient (Wildman–Crippen LogP) is 2.78. The fourth-order valence-corrected chi connectivity index (χ4v) is 2.34. The Kier molecular flexibility index (Phi) is 7.30. The minimum atomic E-state index is -0.0524. The monoisotopic (exact) mass is 318 g/mol. The molecule has 1 aromatic carbocycles. The van der Waals surface area contributed by atoms with Crippen LogP contribution in [0.3, 0.4) is 0 Å². The van der Waals surface area contributed by atoms with Gasteiger partial charge in [0.05, 0.1) is 12.6 Å². The van der Waals surface area contributed by atoms with Crippen molar-refractivity contribution in [3.63, 3.8) is 0 Å². The lowest BCUT2D eigenvalue weighted by atomic mass is 10.2.